The molecule has 2 heterocycles. The maximum absolute atomic E-state index is 9.54. The Balaban J connectivity index is 1.62. The summed E-state index contributed by atoms with van der Waals surface area (Å²) >= 11 is 0. The minimum absolute atomic E-state index is 0.115. The van der Waals surface area contributed by atoms with Crippen LogP contribution in [0.25, 0.3) is 0 Å². The van der Waals surface area contributed by atoms with Gasteiger partial charge in [-0.2, -0.15) is 0 Å². The van der Waals surface area contributed by atoms with Crippen LogP contribution in [0.3, 0.4) is 0 Å². The highest BCUT2D eigenvalue weighted by Crippen LogP contribution is 2.27. The SMILES string of the molecule is OC1CCC(Nc2cc(C3CCOCC3)ncn2)CC1. The van der Waals surface area contributed by atoms with Gasteiger partial charge in [0.1, 0.15) is 12.1 Å². The van der Waals surface area contributed by atoms with E-state index in [4.69, 9.17) is 4.74 Å². The van der Waals surface area contributed by atoms with Gasteiger partial charge in [0.15, 0.2) is 0 Å². The predicted octanol–water partition coefficient (Wildman–Crippen LogP) is 2.09. The Bertz CT molecular complexity index is 427. The van der Waals surface area contributed by atoms with E-state index in [1.54, 1.807) is 6.33 Å². The van der Waals surface area contributed by atoms with Crippen molar-refractivity contribution in [3.05, 3.63) is 18.1 Å². The summed E-state index contributed by atoms with van der Waals surface area (Å²) in [5, 5.41) is 13.0. The maximum atomic E-state index is 9.54. The van der Waals surface area contributed by atoms with Gasteiger partial charge in [-0.05, 0) is 38.5 Å². The van der Waals surface area contributed by atoms with Crippen molar-refractivity contribution in [2.24, 2.45) is 0 Å². The van der Waals surface area contributed by atoms with Crippen LogP contribution in [-0.2, 0) is 4.74 Å². The second kappa shape index (κ2) is 6.50. The smallest absolute Gasteiger partial charge is 0.129 e. The molecular weight excluding hydrogens is 254 g/mol. The van der Waals surface area contributed by atoms with Gasteiger partial charge in [-0.25, -0.2) is 9.97 Å². The van der Waals surface area contributed by atoms with Crippen LogP contribution in [0.2, 0.25) is 0 Å². The number of hydrogen-bond donors (Lipinski definition) is 2. The van der Waals surface area contributed by atoms with Gasteiger partial charge in [0.05, 0.1) is 6.10 Å². The molecule has 0 unspecified atom stereocenters. The summed E-state index contributed by atoms with van der Waals surface area (Å²) in [6.07, 6.45) is 7.43. The van der Waals surface area contributed by atoms with Gasteiger partial charge in [-0.3, -0.25) is 0 Å². The molecule has 0 aromatic carbocycles. The molecule has 2 aliphatic rings. The fourth-order valence-electron chi connectivity index (χ4n) is 3.10. The molecule has 2 fully saturated rings. The number of aliphatic hydroxyl groups is 1. The van der Waals surface area contributed by atoms with Gasteiger partial charge in [-0.1, -0.05) is 0 Å². The number of aromatic nitrogens is 2. The number of ether oxygens (including phenoxy) is 1. The van der Waals surface area contributed by atoms with Gasteiger partial charge in [0.2, 0.25) is 0 Å². The van der Waals surface area contributed by atoms with Crippen LogP contribution in [0.1, 0.15) is 50.1 Å². The number of anilines is 1. The summed E-state index contributed by atoms with van der Waals surface area (Å²) in [5.74, 6) is 1.42. The molecule has 3 rings (SSSR count). The van der Waals surface area contributed by atoms with Gasteiger partial charge < -0.3 is 15.2 Å². The molecule has 5 heteroatoms. The van der Waals surface area contributed by atoms with Crippen LogP contribution in [-0.4, -0.2) is 40.4 Å². The van der Waals surface area contributed by atoms with Crippen LogP contribution in [0.5, 0.6) is 0 Å². The Morgan fingerprint density at radius 1 is 1.05 bits per heavy atom. The molecular formula is C15H23N3O2. The zero-order valence-electron chi connectivity index (χ0n) is 11.8. The van der Waals surface area contributed by atoms with E-state index in [0.717, 1.165) is 63.3 Å². The topological polar surface area (TPSA) is 67.3 Å². The highest BCUT2D eigenvalue weighted by atomic mass is 16.5. The maximum Gasteiger partial charge on any atom is 0.129 e. The first-order valence-electron chi connectivity index (χ1n) is 7.65. The third kappa shape index (κ3) is 3.46. The molecule has 1 aliphatic carbocycles. The van der Waals surface area contributed by atoms with E-state index in [1.165, 1.54) is 0 Å². The molecule has 0 atom stereocenters. The third-order valence-electron chi connectivity index (χ3n) is 4.38. The van der Waals surface area contributed by atoms with E-state index in [9.17, 15) is 5.11 Å². The summed E-state index contributed by atoms with van der Waals surface area (Å²) in [7, 11) is 0. The second-order valence-corrected chi connectivity index (χ2v) is 5.86. The van der Waals surface area contributed by atoms with Crippen molar-refractivity contribution in [2.75, 3.05) is 18.5 Å². The first-order valence-corrected chi connectivity index (χ1v) is 7.65. The first kappa shape index (κ1) is 13.8. The lowest BCUT2D eigenvalue weighted by Crippen LogP contribution is -2.28. The molecule has 1 aromatic heterocycles. The monoisotopic (exact) mass is 277 g/mol. The molecule has 0 spiro atoms. The van der Waals surface area contributed by atoms with Crippen LogP contribution in [0, 0.1) is 0 Å². The van der Waals surface area contributed by atoms with Crippen LogP contribution in [0.15, 0.2) is 12.4 Å². The van der Waals surface area contributed by atoms with Crippen molar-refractivity contribution >= 4 is 5.82 Å². The summed E-state index contributed by atoms with van der Waals surface area (Å²) in [6, 6.07) is 2.51. The van der Waals surface area contributed by atoms with Gasteiger partial charge in [-0.15, -0.1) is 0 Å². The Morgan fingerprint density at radius 2 is 1.80 bits per heavy atom. The van der Waals surface area contributed by atoms with E-state index in [1.807, 2.05) is 0 Å². The molecule has 0 radical (unpaired) electrons. The zero-order valence-corrected chi connectivity index (χ0v) is 11.8. The molecule has 2 N–H and O–H groups in total. The van der Waals surface area contributed by atoms with E-state index >= 15 is 0 Å². The molecule has 110 valence electrons. The highest BCUT2D eigenvalue weighted by molar-refractivity contribution is 5.37. The van der Waals surface area contributed by atoms with Gasteiger partial charge in [0.25, 0.3) is 0 Å². The average Bonchev–Trinajstić information content (AvgIpc) is 2.51. The quantitative estimate of drug-likeness (QED) is 0.885. The van der Waals surface area contributed by atoms with Crippen molar-refractivity contribution in [3.8, 4) is 0 Å². The third-order valence-corrected chi connectivity index (χ3v) is 4.38. The first-order chi connectivity index (χ1) is 9.81. The lowest BCUT2D eigenvalue weighted by molar-refractivity contribution is 0.0845. The summed E-state index contributed by atoms with van der Waals surface area (Å²) in [4.78, 5) is 8.75. The van der Waals surface area contributed by atoms with Crippen molar-refractivity contribution in [1.82, 2.24) is 9.97 Å². The Hall–Kier alpha value is -1.20. The second-order valence-electron chi connectivity index (χ2n) is 5.86. The molecule has 1 saturated heterocycles. The van der Waals surface area contributed by atoms with E-state index in [0.29, 0.717) is 12.0 Å². The molecule has 1 aliphatic heterocycles. The zero-order chi connectivity index (χ0) is 13.8. The fraction of sp³-hybridized carbons (Fsp3) is 0.733. The Morgan fingerprint density at radius 3 is 2.55 bits per heavy atom. The van der Waals surface area contributed by atoms with Crippen LogP contribution >= 0.6 is 0 Å². The Kier molecular flexibility index (Phi) is 4.47. The number of nitrogens with zero attached hydrogens (tertiary/aromatic N) is 2. The normalized spacial score (nSPS) is 28.2. The number of rotatable bonds is 3. The minimum atomic E-state index is -0.115. The molecule has 20 heavy (non-hydrogen) atoms. The van der Waals surface area contributed by atoms with E-state index in [2.05, 4.69) is 21.4 Å². The lowest BCUT2D eigenvalue weighted by atomic mass is 9.93. The van der Waals surface area contributed by atoms with Gasteiger partial charge >= 0.3 is 0 Å². The number of nitrogens with one attached hydrogen (secondary N) is 1. The molecule has 0 bridgehead atoms. The van der Waals surface area contributed by atoms with Crippen molar-refractivity contribution in [1.29, 1.82) is 0 Å². The van der Waals surface area contributed by atoms with E-state index in [-0.39, 0.29) is 6.10 Å². The Labute approximate surface area is 119 Å². The summed E-state index contributed by atoms with van der Waals surface area (Å²) < 4.78 is 5.40. The van der Waals surface area contributed by atoms with E-state index < -0.39 is 0 Å². The summed E-state index contributed by atoms with van der Waals surface area (Å²) in [6.45, 7) is 1.66. The van der Waals surface area contributed by atoms with Crippen molar-refractivity contribution in [2.45, 2.75) is 56.6 Å². The van der Waals surface area contributed by atoms with Crippen LogP contribution in [0.4, 0.5) is 5.82 Å². The van der Waals surface area contributed by atoms with Crippen LogP contribution < -0.4 is 5.32 Å². The summed E-state index contributed by atoms with van der Waals surface area (Å²) in [5.41, 5.74) is 1.13. The van der Waals surface area contributed by atoms with Crippen molar-refractivity contribution < 1.29 is 9.84 Å². The standard InChI is InChI=1S/C15H23N3O2/c19-13-3-1-12(2-4-13)18-15-9-14(16-10-17-15)11-5-7-20-8-6-11/h9-13,19H,1-8H2,(H,16,17,18). The predicted molar refractivity (Wildman–Crippen MR) is 76.7 cm³/mol. The largest absolute Gasteiger partial charge is 0.393 e. The fourth-order valence-corrected chi connectivity index (χ4v) is 3.10. The molecule has 5 nitrogen and oxygen atoms in total. The highest BCUT2D eigenvalue weighted by Gasteiger charge is 2.21. The molecule has 1 aromatic rings. The molecule has 1 saturated carbocycles. The average molecular weight is 277 g/mol. The number of aliphatic hydroxyl groups excluding tert-OH is 1. The minimum Gasteiger partial charge on any atom is -0.393 e. The molecule has 0 amide bonds. The van der Waals surface area contributed by atoms with Gasteiger partial charge in [0, 0.05) is 36.9 Å². The number of hydrogen-bond acceptors (Lipinski definition) is 5. The lowest BCUT2D eigenvalue weighted by Gasteiger charge is -2.27. The van der Waals surface area contributed by atoms with Crippen molar-refractivity contribution in [3.63, 3.8) is 0 Å².